The lowest BCUT2D eigenvalue weighted by atomic mass is 10.1. The highest BCUT2D eigenvalue weighted by atomic mass is 35.5. The van der Waals surface area contributed by atoms with Crippen molar-refractivity contribution in [1.82, 2.24) is 14.8 Å². The van der Waals surface area contributed by atoms with E-state index in [1.807, 2.05) is 41.3 Å². The van der Waals surface area contributed by atoms with Crippen LogP contribution in [0.4, 0.5) is 0 Å². The Hall–Kier alpha value is -2.13. The molecule has 0 radical (unpaired) electrons. The Morgan fingerprint density at radius 1 is 1.00 bits per heavy atom. The maximum atomic E-state index is 5.92. The van der Waals surface area contributed by atoms with Gasteiger partial charge in [-0.05, 0) is 11.6 Å². The van der Waals surface area contributed by atoms with E-state index in [0.717, 1.165) is 22.4 Å². The molecular weight excluding hydrogens is 258 g/mol. The van der Waals surface area contributed by atoms with Gasteiger partial charge in [0.2, 0.25) is 0 Å². The molecule has 2 heterocycles. The third-order valence-corrected chi connectivity index (χ3v) is 3.25. The minimum atomic E-state index is 0.420. The first-order valence-corrected chi connectivity index (χ1v) is 6.51. The number of nitrogens with zero attached hydrogens (tertiary/aromatic N) is 3. The summed E-state index contributed by atoms with van der Waals surface area (Å²) in [6, 6.07) is 12.1. The van der Waals surface area contributed by atoms with Gasteiger partial charge in [-0.25, -0.2) is 4.68 Å². The van der Waals surface area contributed by atoms with Crippen LogP contribution in [-0.4, -0.2) is 14.8 Å². The molecule has 0 saturated heterocycles. The Labute approximate surface area is 116 Å². The quantitative estimate of drug-likeness (QED) is 0.679. The van der Waals surface area contributed by atoms with E-state index in [1.54, 1.807) is 12.4 Å². The van der Waals surface area contributed by atoms with Gasteiger partial charge in [0.25, 0.3) is 0 Å². The van der Waals surface area contributed by atoms with Gasteiger partial charge < -0.3 is 0 Å². The fourth-order valence-corrected chi connectivity index (χ4v) is 2.19. The predicted molar refractivity (Wildman–Crippen MR) is 76.4 cm³/mol. The molecule has 0 amide bonds. The van der Waals surface area contributed by atoms with Gasteiger partial charge in [0.15, 0.2) is 0 Å². The second kappa shape index (κ2) is 5.24. The molecule has 0 aliphatic carbocycles. The van der Waals surface area contributed by atoms with E-state index in [0.29, 0.717) is 5.88 Å². The van der Waals surface area contributed by atoms with Crippen LogP contribution < -0.4 is 0 Å². The number of benzene rings is 1. The van der Waals surface area contributed by atoms with Gasteiger partial charge in [0.1, 0.15) is 0 Å². The highest BCUT2D eigenvalue weighted by molar-refractivity contribution is 6.17. The average molecular weight is 270 g/mol. The summed E-state index contributed by atoms with van der Waals surface area (Å²) in [5.41, 5.74) is 4.16. The maximum absolute atomic E-state index is 5.92. The van der Waals surface area contributed by atoms with Crippen LogP contribution in [0.1, 0.15) is 5.56 Å². The van der Waals surface area contributed by atoms with Crippen molar-refractivity contribution in [1.29, 1.82) is 0 Å². The van der Waals surface area contributed by atoms with E-state index in [2.05, 4.69) is 22.2 Å². The third-order valence-electron chi connectivity index (χ3n) is 2.96. The normalized spacial score (nSPS) is 10.6. The number of halogens is 1. The zero-order valence-corrected chi connectivity index (χ0v) is 11.0. The van der Waals surface area contributed by atoms with E-state index in [1.165, 1.54) is 0 Å². The second-order valence-corrected chi connectivity index (χ2v) is 4.44. The van der Waals surface area contributed by atoms with Gasteiger partial charge in [-0.1, -0.05) is 30.3 Å². The van der Waals surface area contributed by atoms with Crippen molar-refractivity contribution in [2.24, 2.45) is 0 Å². The molecule has 0 aliphatic heterocycles. The van der Waals surface area contributed by atoms with Gasteiger partial charge in [-0.3, -0.25) is 4.98 Å². The molecule has 3 rings (SSSR count). The third kappa shape index (κ3) is 2.37. The van der Waals surface area contributed by atoms with Crippen LogP contribution in [0.3, 0.4) is 0 Å². The zero-order chi connectivity index (χ0) is 13.1. The van der Waals surface area contributed by atoms with E-state index in [9.17, 15) is 0 Å². The van der Waals surface area contributed by atoms with E-state index >= 15 is 0 Å². The zero-order valence-electron chi connectivity index (χ0n) is 10.2. The molecule has 0 bridgehead atoms. The van der Waals surface area contributed by atoms with Crippen molar-refractivity contribution in [3.63, 3.8) is 0 Å². The van der Waals surface area contributed by atoms with Crippen LogP contribution in [0.25, 0.3) is 16.8 Å². The molecule has 0 N–H and O–H groups in total. The fourth-order valence-electron chi connectivity index (χ4n) is 1.98. The molecule has 0 saturated carbocycles. The highest BCUT2D eigenvalue weighted by Crippen LogP contribution is 2.21. The topological polar surface area (TPSA) is 30.7 Å². The van der Waals surface area contributed by atoms with Crippen LogP contribution >= 0.6 is 11.6 Å². The molecule has 0 fully saturated rings. The number of hydrogen-bond donors (Lipinski definition) is 0. The molecular formula is C15H12ClN3. The lowest BCUT2D eigenvalue weighted by Crippen LogP contribution is -1.99. The van der Waals surface area contributed by atoms with Crippen molar-refractivity contribution < 1.29 is 0 Å². The van der Waals surface area contributed by atoms with Crippen LogP contribution in [-0.2, 0) is 5.88 Å². The van der Waals surface area contributed by atoms with E-state index in [-0.39, 0.29) is 0 Å². The molecule has 0 atom stereocenters. The van der Waals surface area contributed by atoms with Gasteiger partial charge in [0.05, 0.1) is 17.8 Å². The van der Waals surface area contributed by atoms with E-state index in [4.69, 9.17) is 11.6 Å². The smallest absolute Gasteiger partial charge is 0.0720 e. The Bertz CT molecular complexity index is 677. The van der Waals surface area contributed by atoms with Crippen molar-refractivity contribution in [2.45, 2.75) is 5.88 Å². The molecule has 0 unspecified atom stereocenters. The predicted octanol–water partition coefficient (Wildman–Crippen LogP) is 3.67. The largest absolute Gasteiger partial charge is 0.264 e. The summed E-state index contributed by atoms with van der Waals surface area (Å²) < 4.78 is 1.84. The van der Waals surface area contributed by atoms with Crippen LogP contribution in [0, 0.1) is 0 Å². The molecule has 0 spiro atoms. The standard InChI is InChI=1S/C15H12ClN3/c16-8-13-9-17-7-6-15(13)19-11-14(10-18-19)12-4-2-1-3-5-12/h1-7,9-11H,8H2. The number of alkyl halides is 1. The maximum Gasteiger partial charge on any atom is 0.0720 e. The Morgan fingerprint density at radius 3 is 2.63 bits per heavy atom. The number of hydrogen-bond acceptors (Lipinski definition) is 2. The summed E-state index contributed by atoms with van der Waals surface area (Å²) in [6.45, 7) is 0. The van der Waals surface area contributed by atoms with Gasteiger partial charge >= 0.3 is 0 Å². The molecule has 1 aromatic carbocycles. The molecule has 19 heavy (non-hydrogen) atoms. The van der Waals surface area contributed by atoms with Crippen LogP contribution in [0.2, 0.25) is 0 Å². The summed E-state index contributed by atoms with van der Waals surface area (Å²) in [4.78, 5) is 4.08. The van der Waals surface area contributed by atoms with Crippen molar-refractivity contribution >= 4 is 11.6 Å². The van der Waals surface area contributed by atoms with Gasteiger partial charge in [0, 0.05) is 29.7 Å². The molecule has 4 heteroatoms. The molecule has 0 aliphatic rings. The highest BCUT2D eigenvalue weighted by Gasteiger charge is 2.06. The van der Waals surface area contributed by atoms with Crippen molar-refractivity contribution in [3.05, 3.63) is 66.7 Å². The average Bonchev–Trinajstić information content (AvgIpc) is 2.98. The number of pyridine rings is 1. The Balaban J connectivity index is 2.02. The summed E-state index contributed by atoms with van der Waals surface area (Å²) in [6.07, 6.45) is 7.37. The minimum Gasteiger partial charge on any atom is -0.264 e. The summed E-state index contributed by atoms with van der Waals surface area (Å²) in [5.74, 6) is 0.420. The first-order valence-electron chi connectivity index (χ1n) is 5.98. The number of rotatable bonds is 3. The summed E-state index contributed by atoms with van der Waals surface area (Å²) in [7, 11) is 0. The van der Waals surface area contributed by atoms with E-state index < -0.39 is 0 Å². The number of aromatic nitrogens is 3. The molecule has 94 valence electrons. The fraction of sp³-hybridized carbons (Fsp3) is 0.0667. The lowest BCUT2D eigenvalue weighted by molar-refractivity contribution is 0.867. The Kier molecular flexibility index (Phi) is 3.29. The van der Waals surface area contributed by atoms with Crippen LogP contribution in [0.5, 0.6) is 0 Å². The monoisotopic (exact) mass is 269 g/mol. The lowest BCUT2D eigenvalue weighted by Gasteiger charge is -2.05. The molecule has 3 nitrogen and oxygen atoms in total. The SMILES string of the molecule is ClCc1cnccc1-n1cc(-c2ccccc2)cn1. The van der Waals surface area contributed by atoms with Gasteiger partial charge in [-0.2, -0.15) is 5.10 Å². The van der Waals surface area contributed by atoms with Crippen molar-refractivity contribution in [3.8, 4) is 16.8 Å². The first kappa shape index (κ1) is 11.9. The minimum absolute atomic E-state index is 0.420. The Morgan fingerprint density at radius 2 is 1.84 bits per heavy atom. The first-order chi connectivity index (χ1) is 9.38. The summed E-state index contributed by atoms with van der Waals surface area (Å²) >= 11 is 5.92. The van der Waals surface area contributed by atoms with Crippen molar-refractivity contribution in [2.75, 3.05) is 0 Å². The summed E-state index contributed by atoms with van der Waals surface area (Å²) in [5, 5.41) is 4.40. The second-order valence-electron chi connectivity index (χ2n) is 4.18. The molecule has 2 aromatic heterocycles. The van der Waals surface area contributed by atoms with Gasteiger partial charge in [-0.15, -0.1) is 11.6 Å². The molecule has 3 aromatic rings. The van der Waals surface area contributed by atoms with Crippen LogP contribution in [0.15, 0.2) is 61.2 Å².